The predicted octanol–water partition coefficient (Wildman–Crippen LogP) is 5.89. The fraction of sp³-hybridized carbons (Fsp3) is 0. The molecule has 0 aliphatic carbocycles. The van der Waals surface area contributed by atoms with Crippen LogP contribution in [0.4, 0.5) is 11.6 Å². The Bertz CT molecular complexity index is 1140. The van der Waals surface area contributed by atoms with E-state index in [0.29, 0.717) is 0 Å². The van der Waals surface area contributed by atoms with Gasteiger partial charge in [-0.2, -0.15) is 10.3 Å². The lowest BCUT2D eigenvalue weighted by Gasteiger charge is -2.17. The maximum Gasteiger partial charge on any atom is 0.259 e. The third kappa shape index (κ3) is 4.42. The van der Waals surface area contributed by atoms with Crippen LogP contribution in [0.15, 0.2) is 95.5 Å². The number of nitrogens with one attached hydrogen (secondary N) is 1. The average Bonchev–Trinajstić information content (AvgIpc) is 2.79. The molecular formula is C23H16BrN5. The monoisotopic (exact) mass is 441 g/mol. The Morgan fingerprint density at radius 3 is 1.90 bits per heavy atom. The Hall–Kier alpha value is -3.69. The standard InChI is InChI=1S/C23H16BrN5/c24-19-13-11-18(12-14-19)22-15-21(17-7-3-1-4-8-17)26-23(27-22)29(16-25)28-20-9-5-2-6-10-20/h1-15,28H. The van der Waals surface area contributed by atoms with E-state index in [1.165, 1.54) is 5.01 Å². The Kier molecular flexibility index (Phi) is 5.50. The molecule has 0 saturated heterocycles. The molecule has 4 rings (SSSR count). The number of benzene rings is 3. The van der Waals surface area contributed by atoms with E-state index in [0.717, 1.165) is 32.7 Å². The number of rotatable bonds is 5. The summed E-state index contributed by atoms with van der Waals surface area (Å²) in [7, 11) is 0. The number of nitrogens with zero attached hydrogens (tertiary/aromatic N) is 4. The maximum absolute atomic E-state index is 9.73. The normalized spacial score (nSPS) is 10.2. The number of aromatic nitrogens is 2. The van der Waals surface area contributed by atoms with Crippen molar-refractivity contribution in [2.45, 2.75) is 0 Å². The first-order valence-corrected chi connectivity index (χ1v) is 9.74. The third-order valence-electron chi connectivity index (χ3n) is 4.24. The summed E-state index contributed by atoms with van der Waals surface area (Å²) in [6, 6.07) is 29.1. The molecule has 0 fully saturated rings. The molecule has 0 aliphatic heterocycles. The van der Waals surface area contributed by atoms with Gasteiger partial charge in [0.05, 0.1) is 17.1 Å². The van der Waals surface area contributed by atoms with Crippen LogP contribution in [0.1, 0.15) is 0 Å². The quantitative estimate of drug-likeness (QED) is 0.237. The number of halogens is 1. The van der Waals surface area contributed by atoms with Crippen LogP contribution in [0.25, 0.3) is 22.5 Å². The molecule has 0 spiro atoms. The molecular weight excluding hydrogens is 426 g/mol. The third-order valence-corrected chi connectivity index (χ3v) is 4.77. The zero-order valence-corrected chi connectivity index (χ0v) is 16.9. The van der Waals surface area contributed by atoms with E-state index in [-0.39, 0.29) is 5.95 Å². The van der Waals surface area contributed by atoms with Gasteiger partial charge in [-0.15, -0.1) is 0 Å². The van der Waals surface area contributed by atoms with Crippen molar-refractivity contribution in [1.29, 1.82) is 5.26 Å². The molecule has 1 aromatic heterocycles. The van der Waals surface area contributed by atoms with Crippen molar-refractivity contribution in [3.8, 4) is 28.7 Å². The van der Waals surface area contributed by atoms with Crippen molar-refractivity contribution in [3.05, 3.63) is 95.5 Å². The highest BCUT2D eigenvalue weighted by atomic mass is 79.9. The molecule has 0 bridgehead atoms. The van der Waals surface area contributed by atoms with Gasteiger partial charge in [0.2, 0.25) is 6.19 Å². The van der Waals surface area contributed by atoms with E-state index in [2.05, 4.69) is 37.5 Å². The van der Waals surface area contributed by atoms with Crippen LogP contribution < -0.4 is 10.4 Å². The molecule has 6 heteroatoms. The van der Waals surface area contributed by atoms with Gasteiger partial charge in [0, 0.05) is 15.6 Å². The van der Waals surface area contributed by atoms with E-state index in [4.69, 9.17) is 0 Å². The highest BCUT2D eigenvalue weighted by Gasteiger charge is 2.14. The highest BCUT2D eigenvalue weighted by Crippen LogP contribution is 2.27. The summed E-state index contributed by atoms with van der Waals surface area (Å²) < 4.78 is 0.989. The second-order valence-electron chi connectivity index (χ2n) is 6.22. The molecule has 29 heavy (non-hydrogen) atoms. The van der Waals surface area contributed by atoms with Crippen LogP contribution in [-0.4, -0.2) is 9.97 Å². The first-order valence-electron chi connectivity index (χ1n) is 8.95. The molecule has 0 atom stereocenters. The fourth-order valence-electron chi connectivity index (χ4n) is 2.82. The molecule has 0 unspecified atom stereocenters. The van der Waals surface area contributed by atoms with Crippen molar-refractivity contribution < 1.29 is 0 Å². The average molecular weight is 442 g/mol. The van der Waals surface area contributed by atoms with E-state index < -0.39 is 0 Å². The summed E-state index contributed by atoms with van der Waals surface area (Å²) in [6.07, 6.45) is 2.12. The molecule has 140 valence electrons. The van der Waals surface area contributed by atoms with Crippen LogP contribution >= 0.6 is 15.9 Å². The molecule has 3 aromatic carbocycles. The summed E-state index contributed by atoms with van der Waals surface area (Å²) in [5, 5.41) is 11.0. The number of hydrazine groups is 1. The van der Waals surface area contributed by atoms with Crippen LogP contribution in [-0.2, 0) is 0 Å². The summed E-state index contributed by atoms with van der Waals surface area (Å²) in [5.74, 6) is 0.274. The molecule has 4 aromatic rings. The van der Waals surface area contributed by atoms with E-state index >= 15 is 0 Å². The van der Waals surface area contributed by atoms with Gasteiger partial charge in [-0.1, -0.05) is 76.6 Å². The van der Waals surface area contributed by atoms with Gasteiger partial charge in [0.1, 0.15) is 0 Å². The summed E-state index contributed by atoms with van der Waals surface area (Å²) in [4.78, 5) is 9.28. The van der Waals surface area contributed by atoms with Gasteiger partial charge >= 0.3 is 0 Å². The number of hydrogen-bond acceptors (Lipinski definition) is 5. The van der Waals surface area contributed by atoms with Gasteiger partial charge in [-0.3, -0.25) is 5.43 Å². The first-order chi connectivity index (χ1) is 14.2. The van der Waals surface area contributed by atoms with Gasteiger partial charge in [-0.05, 0) is 30.3 Å². The second-order valence-corrected chi connectivity index (χ2v) is 7.14. The number of para-hydroxylation sites is 1. The van der Waals surface area contributed by atoms with Crippen molar-refractivity contribution in [1.82, 2.24) is 9.97 Å². The Labute approximate surface area is 177 Å². The number of anilines is 2. The smallest absolute Gasteiger partial charge is 0.259 e. The Morgan fingerprint density at radius 2 is 1.31 bits per heavy atom. The summed E-state index contributed by atoms with van der Waals surface area (Å²) >= 11 is 3.46. The molecule has 0 amide bonds. The lowest BCUT2D eigenvalue weighted by Crippen LogP contribution is -2.26. The van der Waals surface area contributed by atoms with Gasteiger partial charge in [-0.25, -0.2) is 9.97 Å². The van der Waals surface area contributed by atoms with Crippen LogP contribution in [0.3, 0.4) is 0 Å². The van der Waals surface area contributed by atoms with Crippen molar-refractivity contribution >= 4 is 27.6 Å². The number of hydrogen-bond donors (Lipinski definition) is 1. The van der Waals surface area contributed by atoms with Crippen molar-refractivity contribution in [2.24, 2.45) is 0 Å². The van der Waals surface area contributed by atoms with Gasteiger partial charge < -0.3 is 0 Å². The molecule has 1 heterocycles. The van der Waals surface area contributed by atoms with Crippen molar-refractivity contribution in [2.75, 3.05) is 10.4 Å². The van der Waals surface area contributed by atoms with Crippen LogP contribution in [0.5, 0.6) is 0 Å². The Balaban J connectivity index is 1.80. The van der Waals surface area contributed by atoms with E-state index in [9.17, 15) is 5.26 Å². The fourth-order valence-corrected chi connectivity index (χ4v) is 3.09. The van der Waals surface area contributed by atoms with Crippen molar-refractivity contribution in [3.63, 3.8) is 0 Å². The lowest BCUT2D eigenvalue weighted by atomic mass is 10.1. The summed E-state index contributed by atoms with van der Waals surface area (Å²) in [5.41, 5.74) is 7.18. The van der Waals surface area contributed by atoms with E-state index in [1.807, 2.05) is 91.0 Å². The Morgan fingerprint density at radius 1 is 0.759 bits per heavy atom. The molecule has 1 N–H and O–H groups in total. The lowest BCUT2D eigenvalue weighted by molar-refractivity contribution is 1.03. The zero-order chi connectivity index (χ0) is 20.1. The van der Waals surface area contributed by atoms with Gasteiger partial charge in [0.15, 0.2) is 0 Å². The molecule has 0 aliphatic rings. The molecule has 5 nitrogen and oxygen atoms in total. The highest BCUT2D eigenvalue weighted by molar-refractivity contribution is 9.10. The maximum atomic E-state index is 9.73. The summed E-state index contributed by atoms with van der Waals surface area (Å²) in [6.45, 7) is 0. The topological polar surface area (TPSA) is 64.8 Å². The predicted molar refractivity (Wildman–Crippen MR) is 119 cm³/mol. The molecule has 0 saturated carbocycles. The molecule has 0 radical (unpaired) electrons. The van der Waals surface area contributed by atoms with Crippen LogP contribution in [0.2, 0.25) is 0 Å². The minimum absolute atomic E-state index is 0.274. The minimum Gasteiger partial charge on any atom is -0.282 e. The van der Waals surface area contributed by atoms with Crippen LogP contribution in [0, 0.1) is 11.5 Å². The first kappa shape index (κ1) is 18.7. The largest absolute Gasteiger partial charge is 0.282 e. The van der Waals surface area contributed by atoms with E-state index in [1.54, 1.807) is 0 Å². The number of nitriles is 1. The zero-order valence-electron chi connectivity index (χ0n) is 15.3. The SMILES string of the molecule is N#CN(Nc1ccccc1)c1nc(-c2ccccc2)cc(-c2ccc(Br)cc2)n1. The second kappa shape index (κ2) is 8.55. The van der Waals surface area contributed by atoms with Gasteiger partial charge in [0.25, 0.3) is 5.95 Å². The minimum atomic E-state index is 0.274.